The van der Waals surface area contributed by atoms with E-state index in [0.717, 1.165) is 44.4 Å². The summed E-state index contributed by atoms with van der Waals surface area (Å²) in [6.07, 6.45) is 3.32. The lowest BCUT2D eigenvalue weighted by molar-refractivity contribution is 0.0343. The Balaban J connectivity index is 0.00000200. The van der Waals surface area contributed by atoms with Crippen molar-refractivity contribution in [3.05, 3.63) is 35.9 Å². The Kier molecular flexibility index (Phi) is 8.91. The average molecular weight is 472 g/mol. The van der Waals surface area contributed by atoms with Gasteiger partial charge in [-0.15, -0.1) is 17.0 Å². The molecule has 1 N–H and O–H groups in total. The molecule has 0 aliphatic carbocycles. The Bertz CT molecular complexity index is 369. The van der Waals surface area contributed by atoms with Gasteiger partial charge in [-0.3, -0.25) is 0 Å². The van der Waals surface area contributed by atoms with Crippen LogP contribution in [0.2, 0.25) is 0 Å². The van der Waals surface area contributed by atoms with Crippen LogP contribution in [0, 0.1) is 0 Å². The monoisotopic (exact) mass is 469 g/mol. The number of nitrogens with one attached hydrogen (secondary N) is 1. The molecule has 114 valence electrons. The summed E-state index contributed by atoms with van der Waals surface area (Å²) in [7, 11) is 0. The third kappa shape index (κ3) is 5.76. The molecule has 2 nitrogen and oxygen atoms in total. The molecule has 0 amide bonds. The Labute approximate surface area is 149 Å². The van der Waals surface area contributed by atoms with Gasteiger partial charge in [-0.05, 0) is 24.8 Å². The lowest BCUT2D eigenvalue weighted by atomic mass is 9.85. The standard InChI is InChI=1S/C15H21Br2NO.BrH/c16-11-14(17)10-15(6-8-19-9-7-15)18-12-13-4-2-1-3-5-13;/h1-5,14,18H,6-12H2;1H. The first-order chi connectivity index (χ1) is 9.24. The van der Waals surface area contributed by atoms with E-state index in [-0.39, 0.29) is 22.5 Å². The Morgan fingerprint density at radius 3 is 2.45 bits per heavy atom. The number of ether oxygens (including phenoxy) is 1. The van der Waals surface area contributed by atoms with Crippen molar-refractivity contribution in [2.24, 2.45) is 0 Å². The largest absolute Gasteiger partial charge is 0.381 e. The fraction of sp³-hybridized carbons (Fsp3) is 0.600. The van der Waals surface area contributed by atoms with Gasteiger partial charge >= 0.3 is 0 Å². The Morgan fingerprint density at radius 1 is 1.20 bits per heavy atom. The fourth-order valence-corrected chi connectivity index (χ4v) is 3.43. The van der Waals surface area contributed by atoms with Gasteiger partial charge in [0.15, 0.2) is 0 Å². The second-order valence-corrected chi connectivity index (χ2v) is 7.13. The Morgan fingerprint density at radius 2 is 1.85 bits per heavy atom. The van der Waals surface area contributed by atoms with Crippen LogP contribution < -0.4 is 5.32 Å². The highest BCUT2D eigenvalue weighted by atomic mass is 79.9. The molecule has 1 unspecified atom stereocenters. The quantitative estimate of drug-likeness (QED) is 0.619. The molecule has 1 aliphatic rings. The molecule has 0 aromatic heterocycles. The molecule has 20 heavy (non-hydrogen) atoms. The maximum atomic E-state index is 5.52. The van der Waals surface area contributed by atoms with Gasteiger partial charge in [0, 0.05) is 35.5 Å². The van der Waals surface area contributed by atoms with Crippen LogP contribution in [0.15, 0.2) is 30.3 Å². The van der Waals surface area contributed by atoms with Gasteiger partial charge in [0.1, 0.15) is 0 Å². The molecule has 0 saturated carbocycles. The zero-order valence-corrected chi connectivity index (χ0v) is 16.4. The molecular formula is C15H22Br3NO. The third-order valence-corrected chi connectivity index (χ3v) is 6.04. The number of rotatable bonds is 6. The van der Waals surface area contributed by atoms with Crippen LogP contribution in [-0.2, 0) is 11.3 Å². The van der Waals surface area contributed by atoms with Crippen LogP contribution in [0.5, 0.6) is 0 Å². The van der Waals surface area contributed by atoms with E-state index in [1.54, 1.807) is 0 Å². The second-order valence-electron chi connectivity index (χ2n) is 5.19. The molecule has 1 heterocycles. The first kappa shape index (κ1) is 18.6. The maximum Gasteiger partial charge on any atom is 0.0483 e. The first-order valence-electron chi connectivity index (χ1n) is 6.81. The highest BCUT2D eigenvalue weighted by Gasteiger charge is 2.33. The summed E-state index contributed by atoms with van der Waals surface area (Å²) in [5.41, 5.74) is 1.55. The maximum absolute atomic E-state index is 5.52. The topological polar surface area (TPSA) is 21.3 Å². The van der Waals surface area contributed by atoms with Crippen LogP contribution in [-0.4, -0.2) is 28.9 Å². The number of hydrogen-bond donors (Lipinski definition) is 1. The summed E-state index contributed by atoms with van der Waals surface area (Å²) in [6.45, 7) is 2.66. The van der Waals surface area contributed by atoms with Crippen molar-refractivity contribution in [3.63, 3.8) is 0 Å². The van der Waals surface area contributed by atoms with Gasteiger partial charge in [-0.2, -0.15) is 0 Å². The molecule has 0 bridgehead atoms. The molecule has 0 radical (unpaired) electrons. The molecule has 1 aromatic carbocycles. The third-order valence-electron chi connectivity index (χ3n) is 3.74. The van der Waals surface area contributed by atoms with Gasteiger partial charge < -0.3 is 10.1 Å². The molecule has 1 fully saturated rings. The van der Waals surface area contributed by atoms with E-state index in [9.17, 15) is 0 Å². The van der Waals surface area contributed by atoms with Crippen molar-refractivity contribution >= 4 is 48.8 Å². The summed E-state index contributed by atoms with van der Waals surface area (Å²) < 4.78 is 5.52. The van der Waals surface area contributed by atoms with Crippen molar-refractivity contribution in [1.29, 1.82) is 0 Å². The second kappa shape index (κ2) is 9.57. The predicted octanol–water partition coefficient (Wildman–Crippen LogP) is 4.45. The summed E-state index contributed by atoms with van der Waals surface area (Å²) in [5, 5.41) is 4.77. The minimum absolute atomic E-state index is 0. The lowest BCUT2D eigenvalue weighted by Crippen LogP contribution is -2.50. The van der Waals surface area contributed by atoms with Crippen LogP contribution in [0.1, 0.15) is 24.8 Å². The van der Waals surface area contributed by atoms with E-state index in [1.807, 2.05) is 0 Å². The van der Waals surface area contributed by atoms with Crippen LogP contribution >= 0.6 is 48.8 Å². The molecule has 1 saturated heterocycles. The highest BCUT2D eigenvalue weighted by molar-refractivity contribution is 9.12. The molecule has 1 aromatic rings. The van der Waals surface area contributed by atoms with Crippen LogP contribution in [0.3, 0.4) is 0 Å². The molecule has 2 rings (SSSR count). The van der Waals surface area contributed by atoms with Crippen molar-refractivity contribution in [2.75, 3.05) is 18.5 Å². The first-order valence-corrected chi connectivity index (χ1v) is 8.84. The van der Waals surface area contributed by atoms with Crippen molar-refractivity contribution in [3.8, 4) is 0 Å². The zero-order valence-electron chi connectivity index (χ0n) is 11.5. The van der Waals surface area contributed by atoms with E-state index in [1.165, 1.54) is 5.56 Å². The number of halogens is 3. The SMILES string of the molecule is Br.BrCC(Br)CC1(NCc2ccccc2)CCOCC1. The average Bonchev–Trinajstić information content (AvgIpc) is 2.47. The molecule has 5 heteroatoms. The predicted molar refractivity (Wildman–Crippen MR) is 97.5 cm³/mol. The fourth-order valence-electron chi connectivity index (χ4n) is 2.58. The van der Waals surface area contributed by atoms with Crippen molar-refractivity contribution in [1.82, 2.24) is 5.32 Å². The number of benzene rings is 1. The highest BCUT2D eigenvalue weighted by Crippen LogP contribution is 2.29. The van der Waals surface area contributed by atoms with E-state index in [4.69, 9.17) is 4.74 Å². The van der Waals surface area contributed by atoms with Gasteiger partial charge in [-0.1, -0.05) is 62.2 Å². The van der Waals surface area contributed by atoms with E-state index >= 15 is 0 Å². The van der Waals surface area contributed by atoms with Crippen molar-refractivity contribution < 1.29 is 4.74 Å². The number of alkyl halides is 2. The van der Waals surface area contributed by atoms with Gasteiger partial charge in [0.05, 0.1) is 0 Å². The number of hydrogen-bond acceptors (Lipinski definition) is 2. The summed E-state index contributed by atoms with van der Waals surface area (Å²) in [4.78, 5) is 0.508. The van der Waals surface area contributed by atoms with Gasteiger partial charge in [0.25, 0.3) is 0 Å². The minimum atomic E-state index is 0. The van der Waals surface area contributed by atoms with Gasteiger partial charge in [-0.25, -0.2) is 0 Å². The molecule has 0 spiro atoms. The Hall–Kier alpha value is 0.580. The van der Waals surface area contributed by atoms with E-state index < -0.39 is 0 Å². The van der Waals surface area contributed by atoms with Crippen LogP contribution in [0.25, 0.3) is 0 Å². The summed E-state index contributed by atoms with van der Waals surface area (Å²) >= 11 is 7.30. The summed E-state index contributed by atoms with van der Waals surface area (Å²) in [5.74, 6) is 0. The molecule has 1 atom stereocenters. The van der Waals surface area contributed by atoms with Crippen molar-refractivity contribution in [2.45, 2.75) is 36.2 Å². The van der Waals surface area contributed by atoms with E-state index in [0.29, 0.717) is 4.83 Å². The lowest BCUT2D eigenvalue weighted by Gasteiger charge is -2.39. The molecular weight excluding hydrogens is 450 g/mol. The zero-order chi connectivity index (χ0) is 13.6. The smallest absolute Gasteiger partial charge is 0.0483 e. The molecule has 1 aliphatic heterocycles. The normalized spacial score (nSPS) is 19.1. The summed E-state index contributed by atoms with van der Waals surface area (Å²) in [6, 6.07) is 10.6. The van der Waals surface area contributed by atoms with Crippen LogP contribution in [0.4, 0.5) is 0 Å². The minimum Gasteiger partial charge on any atom is -0.381 e. The van der Waals surface area contributed by atoms with E-state index in [2.05, 4.69) is 67.5 Å². The van der Waals surface area contributed by atoms with Gasteiger partial charge in [0.2, 0.25) is 0 Å².